The van der Waals surface area contributed by atoms with Crippen LogP contribution in [0.5, 0.6) is 0 Å². The maximum absolute atomic E-state index is 11.7. The smallest absolute Gasteiger partial charge is 0.224 e. The van der Waals surface area contributed by atoms with Gasteiger partial charge in [0.2, 0.25) is 11.2 Å². The average molecular weight is 360 g/mol. The van der Waals surface area contributed by atoms with Crippen LogP contribution >= 0.6 is 27.5 Å². The van der Waals surface area contributed by atoms with Crippen LogP contribution < -0.4 is 10.6 Å². The number of hydrogen-bond acceptors (Lipinski definition) is 4. The quantitative estimate of drug-likeness (QED) is 0.811. The molecule has 2 atom stereocenters. The largest absolute Gasteiger partial charge is 0.366 e. The first-order chi connectivity index (χ1) is 9.61. The summed E-state index contributed by atoms with van der Waals surface area (Å²) in [7, 11) is 0. The molecule has 0 radical (unpaired) electrons. The second-order valence-corrected chi connectivity index (χ2v) is 6.66. The van der Waals surface area contributed by atoms with Crippen molar-refractivity contribution in [3.8, 4) is 0 Å². The van der Waals surface area contributed by atoms with E-state index in [0.717, 1.165) is 36.6 Å². The predicted molar refractivity (Wildman–Crippen MR) is 80.7 cm³/mol. The fourth-order valence-electron chi connectivity index (χ4n) is 2.55. The van der Waals surface area contributed by atoms with Crippen molar-refractivity contribution in [2.75, 3.05) is 5.32 Å². The summed E-state index contributed by atoms with van der Waals surface area (Å²) >= 11 is 9.21. The molecule has 1 heterocycles. The number of rotatable bonds is 4. The molecule has 3 rings (SSSR count). The van der Waals surface area contributed by atoms with Crippen LogP contribution in [0.4, 0.5) is 5.82 Å². The zero-order valence-electron chi connectivity index (χ0n) is 10.9. The molecule has 2 fully saturated rings. The molecule has 2 aliphatic rings. The van der Waals surface area contributed by atoms with Crippen LogP contribution in [0.2, 0.25) is 5.28 Å². The van der Waals surface area contributed by atoms with Gasteiger partial charge in [-0.3, -0.25) is 4.79 Å². The van der Waals surface area contributed by atoms with Gasteiger partial charge in [-0.25, -0.2) is 4.98 Å². The highest BCUT2D eigenvalue weighted by atomic mass is 79.9. The number of halogens is 2. The molecule has 1 unspecified atom stereocenters. The van der Waals surface area contributed by atoms with Crippen molar-refractivity contribution in [1.82, 2.24) is 15.3 Å². The normalized spacial score (nSPS) is 25.5. The summed E-state index contributed by atoms with van der Waals surface area (Å²) in [4.78, 5) is 19.8. The zero-order valence-corrected chi connectivity index (χ0v) is 13.2. The van der Waals surface area contributed by atoms with E-state index in [0.29, 0.717) is 11.9 Å². The molecule has 1 aromatic rings. The number of carbonyl (C=O) groups excluding carboxylic acids is 1. The van der Waals surface area contributed by atoms with Gasteiger partial charge in [0.05, 0.1) is 4.47 Å². The van der Waals surface area contributed by atoms with Gasteiger partial charge >= 0.3 is 0 Å². The average Bonchev–Trinajstić information content (AvgIpc) is 3.17. The third kappa shape index (κ3) is 3.41. The molecule has 2 N–H and O–H groups in total. The van der Waals surface area contributed by atoms with Crippen LogP contribution in [0.25, 0.3) is 0 Å². The second kappa shape index (κ2) is 5.85. The highest BCUT2D eigenvalue weighted by Gasteiger charge is 2.33. The molecule has 0 aliphatic heterocycles. The summed E-state index contributed by atoms with van der Waals surface area (Å²) in [6.45, 7) is 0. The lowest BCUT2D eigenvalue weighted by Crippen LogP contribution is -2.34. The van der Waals surface area contributed by atoms with Crippen LogP contribution in [-0.4, -0.2) is 28.0 Å². The van der Waals surface area contributed by atoms with E-state index < -0.39 is 0 Å². The predicted octanol–water partition coefficient (Wildman–Crippen LogP) is 2.75. The fraction of sp³-hybridized carbons (Fsp3) is 0.615. The molecule has 1 amide bonds. The Kier molecular flexibility index (Phi) is 4.12. The van der Waals surface area contributed by atoms with Gasteiger partial charge in [-0.05, 0) is 59.6 Å². The lowest BCUT2D eigenvalue weighted by atomic mass is 10.2. The Hall–Kier alpha value is -0.880. The monoisotopic (exact) mass is 358 g/mol. The Morgan fingerprint density at radius 2 is 2.05 bits per heavy atom. The molecule has 0 aromatic carbocycles. The van der Waals surface area contributed by atoms with Gasteiger partial charge in [-0.15, -0.1) is 0 Å². The third-order valence-electron chi connectivity index (χ3n) is 3.78. The maximum atomic E-state index is 11.7. The molecule has 0 spiro atoms. The maximum Gasteiger partial charge on any atom is 0.224 e. The lowest BCUT2D eigenvalue weighted by molar-refractivity contribution is -0.122. The molecular weight excluding hydrogens is 344 g/mol. The van der Waals surface area contributed by atoms with Crippen LogP contribution in [0, 0.1) is 5.92 Å². The number of amides is 1. The van der Waals surface area contributed by atoms with Crippen LogP contribution in [0.1, 0.15) is 32.1 Å². The minimum absolute atomic E-state index is 0.224. The van der Waals surface area contributed by atoms with E-state index in [1.165, 1.54) is 0 Å². The van der Waals surface area contributed by atoms with Crippen LogP contribution in [-0.2, 0) is 4.79 Å². The summed E-state index contributed by atoms with van der Waals surface area (Å²) < 4.78 is 0.798. The highest BCUT2D eigenvalue weighted by molar-refractivity contribution is 9.10. The van der Waals surface area contributed by atoms with Crippen molar-refractivity contribution >= 4 is 39.3 Å². The fourth-order valence-corrected chi connectivity index (χ4v) is 2.99. The van der Waals surface area contributed by atoms with E-state index in [4.69, 9.17) is 11.6 Å². The first-order valence-electron chi connectivity index (χ1n) is 6.87. The first kappa shape index (κ1) is 14.1. The van der Waals surface area contributed by atoms with E-state index in [1.54, 1.807) is 6.20 Å². The van der Waals surface area contributed by atoms with Crippen molar-refractivity contribution in [3.63, 3.8) is 0 Å². The Labute approximate surface area is 131 Å². The van der Waals surface area contributed by atoms with Gasteiger partial charge in [-0.2, -0.15) is 4.98 Å². The molecule has 1 aromatic heterocycles. The van der Waals surface area contributed by atoms with Crippen molar-refractivity contribution in [1.29, 1.82) is 0 Å². The molecule has 0 saturated heterocycles. The van der Waals surface area contributed by atoms with Crippen LogP contribution in [0.15, 0.2) is 10.7 Å². The summed E-state index contributed by atoms with van der Waals surface area (Å²) in [5.41, 5.74) is 0. The summed E-state index contributed by atoms with van der Waals surface area (Å²) in [5.74, 6) is 1.21. The minimum Gasteiger partial charge on any atom is -0.366 e. The van der Waals surface area contributed by atoms with Gasteiger partial charge in [-0.1, -0.05) is 0 Å². The summed E-state index contributed by atoms with van der Waals surface area (Å²) in [5, 5.41) is 6.73. The van der Waals surface area contributed by atoms with Gasteiger partial charge in [0.1, 0.15) is 5.82 Å². The Bertz CT molecular complexity index is 523. The topological polar surface area (TPSA) is 66.9 Å². The number of aromatic nitrogens is 2. The van der Waals surface area contributed by atoms with E-state index >= 15 is 0 Å². The van der Waals surface area contributed by atoms with E-state index in [1.807, 2.05) is 0 Å². The van der Waals surface area contributed by atoms with E-state index in [9.17, 15) is 4.79 Å². The molecule has 2 aliphatic carbocycles. The molecule has 7 heteroatoms. The first-order valence-corrected chi connectivity index (χ1v) is 8.04. The molecule has 0 bridgehead atoms. The van der Waals surface area contributed by atoms with Gasteiger partial charge in [0, 0.05) is 24.2 Å². The number of carbonyl (C=O) groups is 1. The number of anilines is 1. The van der Waals surface area contributed by atoms with Crippen molar-refractivity contribution in [3.05, 3.63) is 16.0 Å². The number of hydrogen-bond donors (Lipinski definition) is 2. The number of nitrogens with one attached hydrogen (secondary N) is 2. The van der Waals surface area contributed by atoms with Gasteiger partial charge < -0.3 is 10.6 Å². The Morgan fingerprint density at radius 1 is 1.30 bits per heavy atom. The van der Waals surface area contributed by atoms with Gasteiger partial charge in [0.15, 0.2) is 0 Å². The minimum atomic E-state index is 0.224. The third-order valence-corrected chi connectivity index (χ3v) is 4.55. The highest BCUT2D eigenvalue weighted by Crippen LogP contribution is 2.31. The molecule has 2 saturated carbocycles. The standard InChI is InChI=1S/C13H16BrClN4O/c14-10-6-16-13(15)19-11(10)17-8-3-4-9(5-8)18-12(20)7-1-2-7/h6-9H,1-5H2,(H,18,20)(H,16,17,19)/t8-,9?/m0/s1. The number of nitrogens with zero attached hydrogens (tertiary/aromatic N) is 2. The molecular formula is C13H16BrClN4O. The zero-order chi connectivity index (χ0) is 14.1. The Balaban J connectivity index is 1.54. The van der Waals surface area contributed by atoms with Crippen molar-refractivity contribution < 1.29 is 4.79 Å². The molecule has 20 heavy (non-hydrogen) atoms. The SMILES string of the molecule is O=C(NC1CC[C@H](Nc2nc(Cl)ncc2Br)C1)C1CC1. The molecule has 5 nitrogen and oxygen atoms in total. The summed E-state index contributed by atoms with van der Waals surface area (Å²) in [6, 6.07) is 0.582. The second-order valence-electron chi connectivity index (χ2n) is 5.47. The lowest BCUT2D eigenvalue weighted by Gasteiger charge is -2.15. The van der Waals surface area contributed by atoms with Crippen molar-refractivity contribution in [2.45, 2.75) is 44.2 Å². The Morgan fingerprint density at radius 3 is 2.80 bits per heavy atom. The van der Waals surface area contributed by atoms with Crippen LogP contribution in [0.3, 0.4) is 0 Å². The van der Waals surface area contributed by atoms with Crippen molar-refractivity contribution in [2.24, 2.45) is 5.92 Å². The van der Waals surface area contributed by atoms with Gasteiger partial charge in [0.25, 0.3) is 0 Å². The molecule has 108 valence electrons. The van der Waals surface area contributed by atoms with E-state index in [2.05, 4.69) is 36.5 Å². The van der Waals surface area contributed by atoms with E-state index in [-0.39, 0.29) is 23.2 Å². The summed E-state index contributed by atoms with van der Waals surface area (Å²) in [6.07, 6.45) is 6.68.